The van der Waals surface area contributed by atoms with Crippen LogP contribution in [0.3, 0.4) is 0 Å². The molecule has 2 aromatic rings. The van der Waals surface area contributed by atoms with E-state index in [1.807, 2.05) is 30.3 Å². The van der Waals surface area contributed by atoms with Crippen molar-refractivity contribution in [3.05, 3.63) is 71.3 Å². The number of alkyl halides is 3. The van der Waals surface area contributed by atoms with Crippen LogP contribution in [0.2, 0.25) is 0 Å². The first-order valence-electron chi connectivity index (χ1n) is 6.77. The normalized spacial score (nSPS) is 24.1. The maximum Gasteiger partial charge on any atom is 0.416 e. The topological polar surface area (TPSA) is 29.6 Å². The second-order valence-electron chi connectivity index (χ2n) is 5.41. The summed E-state index contributed by atoms with van der Waals surface area (Å²) in [5.41, 5.74) is -0.384. The van der Waals surface area contributed by atoms with Crippen LogP contribution in [0.4, 0.5) is 13.2 Å². The number of ketones is 1. The van der Waals surface area contributed by atoms with Crippen molar-refractivity contribution < 1.29 is 22.7 Å². The lowest BCUT2D eigenvalue weighted by atomic mass is 9.93. The Morgan fingerprint density at radius 1 is 1.05 bits per heavy atom. The number of rotatable bonds is 3. The van der Waals surface area contributed by atoms with Crippen LogP contribution in [-0.4, -0.2) is 11.9 Å². The minimum absolute atomic E-state index is 0.220. The van der Waals surface area contributed by atoms with Gasteiger partial charge in [-0.3, -0.25) is 4.79 Å². The van der Waals surface area contributed by atoms with E-state index >= 15 is 0 Å². The van der Waals surface area contributed by atoms with E-state index in [2.05, 4.69) is 0 Å². The second-order valence-corrected chi connectivity index (χ2v) is 5.41. The van der Waals surface area contributed by atoms with Gasteiger partial charge in [-0.15, -0.1) is 0 Å². The lowest BCUT2D eigenvalue weighted by Crippen LogP contribution is -2.16. The van der Waals surface area contributed by atoms with Gasteiger partial charge >= 0.3 is 6.18 Å². The fourth-order valence-electron chi connectivity index (χ4n) is 2.48. The van der Waals surface area contributed by atoms with Crippen molar-refractivity contribution >= 4 is 5.78 Å². The highest BCUT2D eigenvalue weighted by Gasteiger charge is 2.57. The fourth-order valence-corrected chi connectivity index (χ4v) is 2.48. The molecule has 2 atom stereocenters. The number of benzene rings is 2. The summed E-state index contributed by atoms with van der Waals surface area (Å²) in [4.78, 5) is 12.4. The summed E-state index contributed by atoms with van der Waals surface area (Å²) in [6.07, 6.45) is -5.07. The Bertz CT molecular complexity index is 692. The maximum atomic E-state index is 12.5. The molecule has 0 radical (unpaired) electrons. The molecule has 2 aromatic carbocycles. The summed E-state index contributed by atoms with van der Waals surface area (Å²) in [7, 11) is 0. The lowest BCUT2D eigenvalue weighted by Gasteiger charge is -2.08. The molecule has 5 heteroatoms. The number of epoxide rings is 1. The first-order chi connectivity index (χ1) is 10.3. The summed E-state index contributed by atoms with van der Waals surface area (Å²) in [6, 6.07) is 13.5. The summed E-state index contributed by atoms with van der Waals surface area (Å²) in [6.45, 7) is 1.80. The van der Waals surface area contributed by atoms with E-state index in [9.17, 15) is 18.0 Å². The number of carbonyl (C=O) groups excluding carboxylic acids is 1. The third kappa shape index (κ3) is 2.52. The lowest BCUT2D eigenvalue weighted by molar-refractivity contribution is -0.137. The number of Topliss-reactive ketones (excluding diaryl/α,β-unsaturated/α-hetero) is 1. The van der Waals surface area contributed by atoms with Crippen molar-refractivity contribution in [3.63, 3.8) is 0 Å². The molecule has 1 heterocycles. The van der Waals surface area contributed by atoms with E-state index < -0.39 is 23.4 Å². The Morgan fingerprint density at radius 3 is 2.18 bits per heavy atom. The predicted molar refractivity (Wildman–Crippen MR) is 74.4 cm³/mol. The Hall–Kier alpha value is -2.14. The van der Waals surface area contributed by atoms with Gasteiger partial charge < -0.3 is 4.74 Å². The van der Waals surface area contributed by atoms with Crippen molar-refractivity contribution in [1.82, 2.24) is 0 Å². The van der Waals surface area contributed by atoms with Crippen LogP contribution in [0.5, 0.6) is 0 Å². The molecular formula is C17H13F3O2. The molecule has 1 fully saturated rings. The van der Waals surface area contributed by atoms with Gasteiger partial charge in [0.25, 0.3) is 0 Å². The first kappa shape index (κ1) is 14.8. The highest BCUT2D eigenvalue weighted by Crippen LogP contribution is 2.47. The molecule has 0 saturated carbocycles. The van der Waals surface area contributed by atoms with Gasteiger partial charge in [-0.05, 0) is 24.6 Å². The van der Waals surface area contributed by atoms with Crippen molar-refractivity contribution in [1.29, 1.82) is 0 Å². The molecule has 2 nitrogen and oxygen atoms in total. The smallest absolute Gasteiger partial charge is 0.353 e. The Kier molecular flexibility index (Phi) is 3.33. The average Bonchev–Trinajstić information content (AvgIpc) is 3.20. The van der Waals surface area contributed by atoms with Gasteiger partial charge in [0.1, 0.15) is 5.60 Å². The standard InChI is InChI=1S/C17H13F3O2/c1-16(12-5-3-2-4-6-12)15(22-16)14(21)11-7-9-13(10-8-11)17(18,19)20/h2-10,15H,1H3/t15-,16-/m0/s1. The third-order valence-corrected chi connectivity index (χ3v) is 3.89. The van der Waals surface area contributed by atoms with Crippen LogP contribution >= 0.6 is 0 Å². The van der Waals surface area contributed by atoms with Gasteiger partial charge in [-0.1, -0.05) is 42.5 Å². The van der Waals surface area contributed by atoms with Crippen LogP contribution in [0.15, 0.2) is 54.6 Å². The first-order valence-corrected chi connectivity index (χ1v) is 6.77. The van der Waals surface area contributed by atoms with Crippen LogP contribution in [0.25, 0.3) is 0 Å². The summed E-state index contributed by atoms with van der Waals surface area (Å²) in [5, 5.41) is 0. The average molecular weight is 306 g/mol. The molecule has 114 valence electrons. The van der Waals surface area contributed by atoms with Gasteiger partial charge in [-0.2, -0.15) is 13.2 Å². The molecule has 3 rings (SSSR count). The summed E-state index contributed by atoms with van der Waals surface area (Å²) >= 11 is 0. The highest BCUT2D eigenvalue weighted by molar-refractivity contribution is 6.02. The number of hydrogen-bond donors (Lipinski definition) is 0. The molecule has 1 aliphatic heterocycles. The molecule has 22 heavy (non-hydrogen) atoms. The van der Waals surface area contributed by atoms with Crippen molar-refractivity contribution in [3.8, 4) is 0 Å². The molecule has 0 amide bonds. The zero-order chi connectivity index (χ0) is 16.0. The molecule has 0 aliphatic carbocycles. The zero-order valence-electron chi connectivity index (χ0n) is 11.7. The number of hydrogen-bond acceptors (Lipinski definition) is 2. The Morgan fingerprint density at radius 2 is 1.64 bits per heavy atom. The predicted octanol–water partition coefficient (Wildman–Crippen LogP) is 4.20. The van der Waals surface area contributed by atoms with E-state index in [4.69, 9.17) is 4.74 Å². The third-order valence-electron chi connectivity index (χ3n) is 3.89. The minimum Gasteiger partial charge on any atom is -0.353 e. The summed E-state index contributed by atoms with van der Waals surface area (Å²) in [5.74, 6) is -0.305. The van der Waals surface area contributed by atoms with Crippen LogP contribution in [0.1, 0.15) is 28.4 Å². The quantitative estimate of drug-likeness (QED) is 0.628. The summed E-state index contributed by atoms with van der Waals surface area (Å²) < 4.78 is 43.1. The van der Waals surface area contributed by atoms with Gasteiger partial charge in [0.2, 0.25) is 0 Å². The van der Waals surface area contributed by atoms with E-state index in [1.54, 1.807) is 6.92 Å². The molecule has 0 N–H and O–H groups in total. The van der Waals surface area contributed by atoms with Crippen LogP contribution < -0.4 is 0 Å². The number of ether oxygens (including phenoxy) is 1. The van der Waals surface area contributed by atoms with Crippen LogP contribution in [0, 0.1) is 0 Å². The van der Waals surface area contributed by atoms with Crippen LogP contribution in [-0.2, 0) is 16.5 Å². The van der Waals surface area contributed by atoms with Crippen molar-refractivity contribution in [2.24, 2.45) is 0 Å². The Labute approximate surface area is 125 Å². The largest absolute Gasteiger partial charge is 0.416 e. The van der Waals surface area contributed by atoms with Crippen molar-refractivity contribution in [2.45, 2.75) is 24.8 Å². The van der Waals surface area contributed by atoms with Gasteiger partial charge in [0, 0.05) is 5.56 Å². The van der Waals surface area contributed by atoms with E-state index in [0.29, 0.717) is 0 Å². The number of halogens is 3. The SMILES string of the molecule is C[C@@]1(c2ccccc2)O[C@H]1C(=O)c1ccc(C(F)(F)F)cc1. The van der Waals surface area contributed by atoms with Gasteiger partial charge in [0.15, 0.2) is 11.9 Å². The second kappa shape index (κ2) is 4.95. The molecule has 0 aromatic heterocycles. The van der Waals surface area contributed by atoms with Crippen molar-refractivity contribution in [2.75, 3.05) is 0 Å². The molecule has 0 unspecified atom stereocenters. The molecule has 1 saturated heterocycles. The number of carbonyl (C=O) groups is 1. The van der Waals surface area contributed by atoms with Gasteiger partial charge in [0.05, 0.1) is 5.56 Å². The van der Waals surface area contributed by atoms with E-state index in [1.165, 1.54) is 12.1 Å². The monoisotopic (exact) mass is 306 g/mol. The Balaban J connectivity index is 1.79. The van der Waals surface area contributed by atoms with E-state index in [0.717, 1.165) is 17.7 Å². The molecule has 0 bridgehead atoms. The maximum absolute atomic E-state index is 12.5. The minimum atomic E-state index is -4.41. The zero-order valence-corrected chi connectivity index (χ0v) is 11.7. The molecule has 0 spiro atoms. The highest BCUT2D eigenvalue weighted by atomic mass is 19.4. The van der Waals surface area contributed by atoms with Gasteiger partial charge in [-0.25, -0.2) is 0 Å². The molecular weight excluding hydrogens is 293 g/mol. The fraction of sp³-hybridized carbons (Fsp3) is 0.235. The molecule has 1 aliphatic rings. The van der Waals surface area contributed by atoms with E-state index in [-0.39, 0.29) is 11.3 Å².